The summed E-state index contributed by atoms with van der Waals surface area (Å²) in [4.78, 5) is 35.4. The molecule has 2 fully saturated rings. The molecule has 0 saturated carbocycles. The predicted octanol–water partition coefficient (Wildman–Crippen LogP) is 6.86. The average Bonchev–Trinajstić information content (AvgIpc) is 3.45. The van der Waals surface area contributed by atoms with Crippen molar-refractivity contribution in [3.8, 4) is 0 Å². The second-order valence-corrected chi connectivity index (χ2v) is 13.0. The van der Waals surface area contributed by atoms with Gasteiger partial charge in [0.15, 0.2) is 0 Å². The first-order valence-corrected chi connectivity index (χ1v) is 16.4. The number of likely N-dealkylation sites (tertiary alicyclic amines) is 2. The number of amides is 2. The largest absolute Gasteiger partial charge is 0.417 e. The maximum Gasteiger partial charge on any atom is 0.417 e. The second kappa shape index (κ2) is 14.8. The van der Waals surface area contributed by atoms with Crippen LogP contribution in [0.3, 0.4) is 0 Å². The number of benzene rings is 2. The molecule has 0 radical (unpaired) electrons. The third-order valence-corrected chi connectivity index (χ3v) is 9.45. The van der Waals surface area contributed by atoms with Gasteiger partial charge in [-0.15, -0.1) is 0 Å². The number of aromatic nitrogens is 1. The van der Waals surface area contributed by atoms with Gasteiger partial charge in [-0.2, -0.15) is 39.5 Å². The van der Waals surface area contributed by atoms with Crippen LogP contribution < -0.4 is 5.32 Å². The molecule has 3 aromatic rings. The molecule has 0 bridgehead atoms. The predicted molar refractivity (Wildman–Crippen MR) is 167 cm³/mol. The fraction of sp³-hybridized carbons (Fsp3) is 0.529. The van der Waals surface area contributed by atoms with E-state index in [0.29, 0.717) is 24.7 Å². The lowest BCUT2D eigenvalue weighted by Crippen LogP contribution is -2.52. The van der Waals surface area contributed by atoms with E-state index in [-0.39, 0.29) is 25.1 Å². The summed E-state index contributed by atoms with van der Waals surface area (Å²) in [6.07, 6.45) is -10.7. The Morgan fingerprint density at radius 1 is 0.880 bits per heavy atom. The molecule has 2 aromatic carbocycles. The highest BCUT2D eigenvalue weighted by atomic mass is 19.4. The number of nitrogens with one attached hydrogen (secondary N) is 2. The molecule has 0 spiro atoms. The zero-order chi connectivity index (χ0) is 36.4. The highest BCUT2D eigenvalue weighted by molar-refractivity contribution is 5.90. The van der Waals surface area contributed by atoms with Gasteiger partial charge in [0.1, 0.15) is 6.04 Å². The molecule has 7 nitrogen and oxygen atoms in total. The Morgan fingerprint density at radius 3 is 2.06 bits per heavy atom. The number of likely N-dealkylation sites (N-methyl/N-ethyl adjacent to an activating group) is 1. The highest BCUT2D eigenvalue weighted by Crippen LogP contribution is 2.47. The Morgan fingerprint density at radius 2 is 1.48 bits per heavy atom. The van der Waals surface area contributed by atoms with E-state index in [0.717, 1.165) is 61.6 Å². The van der Waals surface area contributed by atoms with Gasteiger partial charge in [-0.1, -0.05) is 24.6 Å². The Kier molecular flexibility index (Phi) is 11.1. The summed E-state index contributed by atoms with van der Waals surface area (Å²) in [5.74, 6) is -1.35. The van der Waals surface area contributed by atoms with E-state index < -0.39 is 65.2 Å². The van der Waals surface area contributed by atoms with Crippen LogP contribution in [0, 0.1) is 0 Å². The van der Waals surface area contributed by atoms with Crippen LogP contribution in [0.1, 0.15) is 59.9 Å². The smallest absolute Gasteiger partial charge is 0.361 e. The fourth-order valence-electron chi connectivity index (χ4n) is 7.05. The minimum atomic E-state index is -5.96. The van der Waals surface area contributed by atoms with Gasteiger partial charge in [-0.25, -0.2) is 0 Å². The number of halogens is 9. The monoisotopic (exact) mass is 719 g/mol. The van der Waals surface area contributed by atoms with Crippen LogP contribution in [0.15, 0.2) is 42.6 Å². The van der Waals surface area contributed by atoms with E-state index >= 15 is 0 Å². The number of H-pyrrole nitrogens is 1. The molecule has 3 heterocycles. The molecule has 2 amide bonds. The van der Waals surface area contributed by atoms with Crippen molar-refractivity contribution in [1.82, 2.24) is 25.0 Å². The van der Waals surface area contributed by atoms with E-state index in [1.165, 1.54) is 6.42 Å². The third kappa shape index (κ3) is 8.92. The molecular formula is C34H38F9N5O2. The van der Waals surface area contributed by atoms with Crippen molar-refractivity contribution in [2.45, 2.75) is 75.7 Å². The number of alkyl halides is 9. The molecule has 2 aliphatic rings. The van der Waals surface area contributed by atoms with Gasteiger partial charge in [0.2, 0.25) is 11.8 Å². The molecule has 1 atom stereocenters. The Bertz CT molecular complexity index is 1620. The van der Waals surface area contributed by atoms with Crippen LogP contribution in [-0.4, -0.2) is 83.4 Å². The molecule has 16 heteroatoms. The molecule has 0 aliphatic carbocycles. The van der Waals surface area contributed by atoms with Crippen molar-refractivity contribution in [2.75, 3.05) is 39.8 Å². The van der Waals surface area contributed by atoms with Gasteiger partial charge in [0, 0.05) is 56.2 Å². The number of aromatic amines is 1. The third-order valence-electron chi connectivity index (χ3n) is 9.45. The van der Waals surface area contributed by atoms with Crippen molar-refractivity contribution in [3.05, 3.63) is 70.4 Å². The summed E-state index contributed by atoms with van der Waals surface area (Å²) in [5.41, 5.74) is -7.34. The van der Waals surface area contributed by atoms with E-state index in [1.807, 2.05) is 4.90 Å². The number of piperidine rings is 2. The molecule has 50 heavy (non-hydrogen) atoms. The summed E-state index contributed by atoms with van der Waals surface area (Å²) >= 11 is 0. The van der Waals surface area contributed by atoms with Crippen LogP contribution >= 0.6 is 0 Å². The number of nitrogens with zero attached hydrogens (tertiary/aromatic N) is 3. The van der Waals surface area contributed by atoms with E-state index in [2.05, 4.69) is 15.2 Å². The first kappa shape index (κ1) is 37.5. The molecule has 2 aliphatic heterocycles. The van der Waals surface area contributed by atoms with E-state index in [9.17, 15) is 49.1 Å². The van der Waals surface area contributed by atoms with Gasteiger partial charge in [0.05, 0.1) is 23.2 Å². The number of fused-ring (bicyclic) bond motifs is 1. The molecule has 1 unspecified atom stereocenters. The average molecular weight is 720 g/mol. The number of hydrogen-bond donors (Lipinski definition) is 2. The van der Waals surface area contributed by atoms with Crippen molar-refractivity contribution in [1.29, 1.82) is 0 Å². The molecule has 274 valence electrons. The maximum absolute atomic E-state index is 13.8. The molecule has 2 saturated heterocycles. The van der Waals surface area contributed by atoms with Crippen molar-refractivity contribution in [2.24, 2.45) is 0 Å². The lowest BCUT2D eigenvalue weighted by molar-refractivity contribution is -0.174. The summed E-state index contributed by atoms with van der Waals surface area (Å²) in [6, 6.07) is 6.19. The molecule has 2 N–H and O–H groups in total. The zero-order valence-corrected chi connectivity index (χ0v) is 27.2. The zero-order valence-electron chi connectivity index (χ0n) is 27.2. The number of para-hydroxylation sites is 1. The van der Waals surface area contributed by atoms with Gasteiger partial charge in [-0.05, 0) is 68.1 Å². The SMILES string of the molecule is CN(Cc1cc(C(F)(F)F)c(C(F)(F)F)c(C(F)(F)F)c1)C(=O)C(Cc1c[nH]c2ccccc12)NC(=O)CN1CCC(N2CCCCC2)CC1. The second-order valence-electron chi connectivity index (χ2n) is 13.0. The quantitative estimate of drug-likeness (QED) is 0.237. The van der Waals surface area contributed by atoms with Crippen LogP contribution in [0.4, 0.5) is 39.5 Å². The minimum Gasteiger partial charge on any atom is -0.361 e. The van der Waals surface area contributed by atoms with Crippen LogP contribution in [-0.2, 0) is 41.1 Å². The van der Waals surface area contributed by atoms with Gasteiger partial charge in [-0.3, -0.25) is 14.5 Å². The van der Waals surface area contributed by atoms with Gasteiger partial charge in [0.25, 0.3) is 0 Å². The van der Waals surface area contributed by atoms with Crippen molar-refractivity contribution < 1.29 is 49.1 Å². The molecule has 5 rings (SSSR count). The van der Waals surface area contributed by atoms with Crippen LogP contribution in [0.2, 0.25) is 0 Å². The maximum atomic E-state index is 13.8. The molecule has 1 aromatic heterocycles. The van der Waals surface area contributed by atoms with Gasteiger partial charge < -0.3 is 20.1 Å². The highest BCUT2D eigenvalue weighted by Gasteiger charge is 2.50. The summed E-state index contributed by atoms with van der Waals surface area (Å²) < 4.78 is 123. The number of carbonyl (C=O) groups is 2. The Labute approximate surface area is 282 Å². The van der Waals surface area contributed by atoms with Crippen LogP contribution in [0.25, 0.3) is 10.9 Å². The normalized spacial score (nSPS) is 18.0. The van der Waals surface area contributed by atoms with Crippen molar-refractivity contribution in [3.63, 3.8) is 0 Å². The van der Waals surface area contributed by atoms with E-state index in [4.69, 9.17) is 0 Å². The van der Waals surface area contributed by atoms with Crippen LogP contribution in [0.5, 0.6) is 0 Å². The standard InChI is InChI=1S/C34H38F9N5O2/c1-46(19-21-15-25(32(35,36)37)30(34(41,42)43)26(16-21)33(38,39)40)31(50)28(17-22-18-44-27-8-4-3-7-24(22)27)45-29(49)20-47-13-9-23(10-14-47)48-11-5-2-6-12-48/h3-4,7-8,15-16,18,23,28,44H,2,5-6,9-14,17,19-20H2,1H3,(H,45,49). The number of carbonyl (C=O) groups excluding carboxylic acids is 2. The first-order valence-electron chi connectivity index (χ1n) is 16.4. The lowest BCUT2D eigenvalue weighted by atomic mass is 9.95. The summed E-state index contributed by atoms with van der Waals surface area (Å²) in [5, 5.41) is 3.43. The van der Waals surface area contributed by atoms with Crippen molar-refractivity contribution >= 4 is 22.7 Å². The summed E-state index contributed by atoms with van der Waals surface area (Å²) in [6.45, 7) is 2.50. The number of rotatable bonds is 9. The number of hydrogen-bond acceptors (Lipinski definition) is 4. The fourth-order valence-corrected chi connectivity index (χ4v) is 7.05. The molecular weight excluding hydrogens is 681 g/mol. The first-order chi connectivity index (χ1) is 23.4. The van der Waals surface area contributed by atoms with Gasteiger partial charge >= 0.3 is 18.5 Å². The van der Waals surface area contributed by atoms with E-state index in [1.54, 1.807) is 30.5 Å². The Balaban J connectivity index is 1.36. The topological polar surface area (TPSA) is 71.7 Å². The lowest BCUT2D eigenvalue weighted by Gasteiger charge is -2.40. The summed E-state index contributed by atoms with van der Waals surface area (Å²) in [7, 11) is 1.10. The minimum absolute atomic E-state index is 0.0252. The Hall–Kier alpha value is -3.79.